The standard InChI is InChI=1S/C16H23ClN2O3/c1-18-9-11(17)8-13(18)16(21)19-6-7-22-10-14(19)12-4-2-3-5-15(12)20/h8-9,12,14-15,20H,2-7,10H2,1H3/t12-,14+,15+/m0/s1. The van der Waals surface area contributed by atoms with Crippen LogP contribution in [0, 0.1) is 5.92 Å². The maximum atomic E-state index is 12.9. The van der Waals surface area contributed by atoms with Crippen LogP contribution in [0.2, 0.25) is 5.02 Å². The summed E-state index contributed by atoms with van der Waals surface area (Å²) in [5.74, 6) is 0.0780. The summed E-state index contributed by atoms with van der Waals surface area (Å²) >= 11 is 6.00. The first kappa shape index (κ1) is 15.8. The molecule has 2 fully saturated rings. The summed E-state index contributed by atoms with van der Waals surface area (Å²) in [6, 6.07) is 1.65. The summed E-state index contributed by atoms with van der Waals surface area (Å²) in [4.78, 5) is 14.8. The van der Waals surface area contributed by atoms with Crippen molar-refractivity contribution in [3.8, 4) is 0 Å². The van der Waals surface area contributed by atoms with Crippen LogP contribution in [-0.4, -0.2) is 52.4 Å². The van der Waals surface area contributed by atoms with Crippen LogP contribution in [0.25, 0.3) is 0 Å². The number of carbonyl (C=O) groups excluding carboxylic acids is 1. The maximum absolute atomic E-state index is 12.9. The number of ether oxygens (including phenoxy) is 1. The Hall–Kier alpha value is -1.04. The van der Waals surface area contributed by atoms with Crippen molar-refractivity contribution in [1.82, 2.24) is 9.47 Å². The smallest absolute Gasteiger partial charge is 0.270 e. The van der Waals surface area contributed by atoms with E-state index in [0.717, 1.165) is 25.7 Å². The molecular weight excluding hydrogens is 304 g/mol. The van der Waals surface area contributed by atoms with Crippen LogP contribution in [0.3, 0.4) is 0 Å². The highest BCUT2D eigenvalue weighted by Gasteiger charge is 2.39. The Morgan fingerprint density at radius 2 is 2.18 bits per heavy atom. The quantitative estimate of drug-likeness (QED) is 0.905. The summed E-state index contributed by atoms with van der Waals surface area (Å²) in [5, 5.41) is 10.9. The minimum absolute atomic E-state index is 0.0273. The molecule has 5 nitrogen and oxygen atoms in total. The van der Waals surface area contributed by atoms with Gasteiger partial charge in [-0.2, -0.15) is 0 Å². The number of amides is 1. The molecule has 1 saturated heterocycles. The molecule has 1 aromatic heterocycles. The van der Waals surface area contributed by atoms with E-state index in [0.29, 0.717) is 30.5 Å². The fourth-order valence-electron chi connectivity index (χ4n) is 3.70. The van der Waals surface area contributed by atoms with Crippen molar-refractivity contribution in [1.29, 1.82) is 0 Å². The first-order valence-electron chi connectivity index (χ1n) is 7.96. The van der Waals surface area contributed by atoms with Crippen LogP contribution in [0.5, 0.6) is 0 Å². The second-order valence-corrected chi connectivity index (χ2v) is 6.75. The van der Waals surface area contributed by atoms with Crippen molar-refractivity contribution in [3.63, 3.8) is 0 Å². The maximum Gasteiger partial charge on any atom is 0.270 e. The molecule has 0 spiro atoms. The molecule has 3 atom stereocenters. The van der Waals surface area contributed by atoms with Gasteiger partial charge in [-0.15, -0.1) is 0 Å². The van der Waals surface area contributed by atoms with Gasteiger partial charge in [0.15, 0.2) is 0 Å². The molecule has 6 heteroatoms. The molecule has 0 unspecified atom stereocenters. The van der Waals surface area contributed by atoms with Gasteiger partial charge in [0.05, 0.1) is 30.4 Å². The number of aryl methyl sites for hydroxylation is 1. The lowest BCUT2D eigenvalue weighted by Gasteiger charge is -2.43. The zero-order valence-corrected chi connectivity index (χ0v) is 13.6. The van der Waals surface area contributed by atoms with Gasteiger partial charge in [-0.1, -0.05) is 24.4 Å². The number of rotatable bonds is 2. The molecule has 0 aromatic carbocycles. The van der Waals surface area contributed by atoms with E-state index >= 15 is 0 Å². The SMILES string of the molecule is Cn1cc(Cl)cc1C(=O)N1CCOC[C@@H]1[C@@H]1CCCC[C@H]1O. The van der Waals surface area contributed by atoms with Gasteiger partial charge < -0.3 is 19.3 Å². The van der Waals surface area contributed by atoms with Gasteiger partial charge in [0, 0.05) is 25.7 Å². The Bertz CT molecular complexity index is 545. The molecule has 2 heterocycles. The van der Waals surface area contributed by atoms with Gasteiger partial charge in [0.25, 0.3) is 5.91 Å². The average molecular weight is 327 g/mol. The minimum atomic E-state index is -0.340. The van der Waals surface area contributed by atoms with Crippen molar-refractivity contribution in [2.45, 2.75) is 37.8 Å². The number of aromatic nitrogens is 1. The first-order chi connectivity index (χ1) is 10.6. The van der Waals surface area contributed by atoms with Crippen LogP contribution >= 0.6 is 11.6 Å². The van der Waals surface area contributed by atoms with Crippen molar-refractivity contribution < 1.29 is 14.6 Å². The first-order valence-corrected chi connectivity index (χ1v) is 8.34. The molecule has 1 aliphatic carbocycles. The lowest BCUT2D eigenvalue weighted by Crippen LogP contribution is -2.55. The van der Waals surface area contributed by atoms with Crippen LogP contribution in [0.4, 0.5) is 0 Å². The highest BCUT2D eigenvalue weighted by molar-refractivity contribution is 6.31. The number of hydrogen-bond donors (Lipinski definition) is 1. The monoisotopic (exact) mass is 326 g/mol. The zero-order chi connectivity index (χ0) is 15.7. The Balaban J connectivity index is 1.83. The third-order valence-corrected chi connectivity index (χ3v) is 5.10. The van der Waals surface area contributed by atoms with Crippen LogP contribution < -0.4 is 0 Å². The molecule has 1 amide bonds. The number of carbonyl (C=O) groups is 1. The molecule has 1 N–H and O–H groups in total. The van der Waals surface area contributed by atoms with E-state index in [1.807, 2.05) is 11.9 Å². The Labute approximate surface area is 135 Å². The molecule has 0 bridgehead atoms. The highest BCUT2D eigenvalue weighted by atomic mass is 35.5. The molecule has 122 valence electrons. The van der Waals surface area contributed by atoms with Crippen LogP contribution in [-0.2, 0) is 11.8 Å². The lowest BCUT2D eigenvalue weighted by molar-refractivity contribution is -0.0565. The van der Waals surface area contributed by atoms with E-state index in [1.165, 1.54) is 0 Å². The van der Waals surface area contributed by atoms with E-state index in [2.05, 4.69) is 0 Å². The average Bonchev–Trinajstić information content (AvgIpc) is 2.86. The Kier molecular flexibility index (Phi) is 4.76. The van der Waals surface area contributed by atoms with Crippen molar-refractivity contribution in [2.24, 2.45) is 13.0 Å². The van der Waals surface area contributed by atoms with Gasteiger partial charge in [0.2, 0.25) is 0 Å². The summed E-state index contributed by atoms with van der Waals surface area (Å²) < 4.78 is 7.36. The van der Waals surface area contributed by atoms with E-state index in [1.54, 1.807) is 16.8 Å². The number of hydrogen-bond acceptors (Lipinski definition) is 3. The highest BCUT2D eigenvalue weighted by Crippen LogP contribution is 2.31. The predicted molar refractivity (Wildman–Crippen MR) is 84.0 cm³/mol. The van der Waals surface area contributed by atoms with Crippen LogP contribution in [0.15, 0.2) is 12.3 Å². The number of aliphatic hydroxyl groups is 1. The molecule has 1 aromatic rings. The molecular formula is C16H23ClN2O3. The lowest BCUT2D eigenvalue weighted by atomic mass is 9.80. The van der Waals surface area contributed by atoms with Gasteiger partial charge in [-0.05, 0) is 18.9 Å². The van der Waals surface area contributed by atoms with Gasteiger partial charge in [0.1, 0.15) is 5.69 Å². The van der Waals surface area contributed by atoms with Crippen LogP contribution in [0.1, 0.15) is 36.2 Å². The van der Waals surface area contributed by atoms with Gasteiger partial charge in [-0.25, -0.2) is 0 Å². The fourth-order valence-corrected chi connectivity index (χ4v) is 3.95. The molecule has 3 rings (SSSR count). The number of morpholine rings is 1. The van der Waals surface area contributed by atoms with E-state index in [9.17, 15) is 9.90 Å². The van der Waals surface area contributed by atoms with Crippen molar-refractivity contribution in [2.75, 3.05) is 19.8 Å². The van der Waals surface area contributed by atoms with Crippen molar-refractivity contribution in [3.05, 3.63) is 23.0 Å². The fraction of sp³-hybridized carbons (Fsp3) is 0.688. The predicted octanol–water partition coefficient (Wildman–Crippen LogP) is 2.07. The third kappa shape index (κ3) is 3.03. The number of nitrogens with zero attached hydrogens (tertiary/aromatic N) is 2. The van der Waals surface area contributed by atoms with E-state index in [-0.39, 0.29) is 24.0 Å². The molecule has 1 saturated carbocycles. The summed E-state index contributed by atoms with van der Waals surface area (Å²) in [6.07, 6.45) is 5.34. The van der Waals surface area contributed by atoms with E-state index < -0.39 is 0 Å². The van der Waals surface area contributed by atoms with Crippen molar-refractivity contribution >= 4 is 17.5 Å². The topological polar surface area (TPSA) is 54.7 Å². The molecule has 1 aliphatic heterocycles. The zero-order valence-electron chi connectivity index (χ0n) is 12.9. The van der Waals surface area contributed by atoms with Gasteiger partial charge >= 0.3 is 0 Å². The molecule has 2 aliphatic rings. The normalized spacial score (nSPS) is 29.6. The summed E-state index contributed by atoms with van der Waals surface area (Å²) in [5.41, 5.74) is 0.585. The number of halogens is 1. The molecule has 0 radical (unpaired) electrons. The third-order valence-electron chi connectivity index (χ3n) is 4.89. The number of aliphatic hydroxyl groups excluding tert-OH is 1. The Morgan fingerprint density at radius 1 is 1.41 bits per heavy atom. The summed E-state index contributed by atoms with van der Waals surface area (Å²) in [7, 11) is 1.82. The second kappa shape index (κ2) is 6.60. The molecule has 22 heavy (non-hydrogen) atoms. The largest absolute Gasteiger partial charge is 0.393 e. The van der Waals surface area contributed by atoms with Gasteiger partial charge in [-0.3, -0.25) is 4.79 Å². The Morgan fingerprint density at radius 3 is 2.86 bits per heavy atom. The second-order valence-electron chi connectivity index (χ2n) is 6.31. The minimum Gasteiger partial charge on any atom is -0.393 e. The summed E-state index contributed by atoms with van der Waals surface area (Å²) in [6.45, 7) is 1.62. The van der Waals surface area contributed by atoms with E-state index in [4.69, 9.17) is 16.3 Å².